The summed E-state index contributed by atoms with van der Waals surface area (Å²) >= 11 is 0. The maximum absolute atomic E-state index is 11.6. The SMILES string of the molecule is CCC(CNC(=O)COc1ccccc1OC)C(=O)O. The van der Waals surface area contributed by atoms with Gasteiger partial charge in [-0.05, 0) is 18.6 Å². The number of hydrogen-bond donors (Lipinski definition) is 2. The van der Waals surface area contributed by atoms with E-state index in [0.717, 1.165) is 0 Å². The Balaban J connectivity index is 2.42. The highest BCUT2D eigenvalue weighted by molar-refractivity contribution is 5.78. The molecule has 0 aromatic heterocycles. The lowest BCUT2D eigenvalue weighted by atomic mass is 10.1. The van der Waals surface area contributed by atoms with Gasteiger partial charge in [0.05, 0.1) is 13.0 Å². The number of carboxylic acid groups (broad SMARTS) is 1. The topological polar surface area (TPSA) is 84.9 Å². The first-order valence-electron chi connectivity index (χ1n) is 6.33. The molecule has 0 saturated carbocycles. The second kappa shape index (κ2) is 8.04. The van der Waals surface area contributed by atoms with E-state index in [9.17, 15) is 9.59 Å². The van der Waals surface area contributed by atoms with Crippen molar-refractivity contribution in [3.63, 3.8) is 0 Å². The maximum Gasteiger partial charge on any atom is 0.308 e. The van der Waals surface area contributed by atoms with E-state index in [4.69, 9.17) is 14.6 Å². The van der Waals surface area contributed by atoms with Gasteiger partial charge in [-0.25, -0.2) is 0 Å². The number of ether oxygens (including phenoxy) is 2. The molecular weight excluding hydrogens is 262 g/mol. The van der Waals surface area contributed by atoms with E-state index in [-0.39, 0.29) is 19.1 Å². The molecule has 1 aromatic carbocycles. The third-order valence-corrected chi connectivity index (χ3v) is 2.82. The van der Waals surface area contributed by atoms with Crippen LogP contribution in [0.5, 0.6) is 11.5 Å². The van der Waals surface area contributed by atoms with Gasteiger partial charge in [0.1, 0.15) is 0 Å². The number of benzene rings is 1. The Hall–Kier alpha value is -2.24. The summed E-state index contributed by atoms with van der Waals surface area (Å²) in [5.41, 5.74) is 0. The zero-order chi connectivity index (χ0) is 15.0. The van der Waals surface area contributed by atoms with Gasteiger partial charge in [0.25, 0.3) is 5.91 Å². The summed E-state index contributed by atoms with van der Waals surface area (Å²) in [6.45, 7) is 1.67. The summed E-state index contributed by atoms with van der Waals surface area (Å²) < 4.78 is 10.4. The van der Waals surface area contributed by atoms with Crippen LogP contribution in [0.4, 0.5) is 0 Å². The summed E-state index contributed by atoms with van der Waals surface area (Å²) in [7, 11) is 1.51. The molecule has 0 fully saturated rings. The van der Waals surface area contributed by atoms with Gasteiger partial charge < -0.3 is 19.9 Å². The van der Waals surface area contributed by atoms with E-state index in [1.165, 1.54) is 7.11 Å². The van der Waals surface area contributed by atoms with Gasteiger partial charge in [-0.3, -0.25) is 9.59 Å². The Labute approximate surface area is 117 Å². The lowest BCUT2D eigenvalue weighted by Gasteiger charge is -2.12. The molecule has 0 aliphatic rings. The average Bonchev–Trinajstić information content (AvgIpc) is 2.45. The van der Waals surface area contributed by atoms with Gasteiger partial charge in [0, 0.05) is 6.54 Å². The first-order chi connectivity index (χ1) is 9.58. The largest absolute Gasteiger partial charge is 0.493 e. The fourth-order valence-electron chi connectivity index (χ4n) is 1.58. The molecule has 0 bridgehead atoms. The van der Waals surface area contributed by atoms with Crippen LogP contribution in [0.25, 0.3) is 0 Å². The summed E-state index contributed by atoms with van der Waals surface area (Å²) in [4.78, 5) is 22.4. The van der Waals surface area contributed by atoms with E-state index in [1.54, 1.807) is 31.2 Å². The number of aliphatic carboxylic acids is 1. The van der Waals surface area contributed by atoms with Crippen molar-refractivity contribution >= 4 is 11.9 Å². The van der Waals surface area contributed by atoms with Gasteiger partial charge >= 0.3 is 5.97 Å². The van der Waals surface area contributed by atoms with E-state index in [1.807, 2.05) is 0 Å². The number of para-hydroxylation sites is 2. The van der Waals surface area contributed by atoms with E-state index in [0.29, 0.717) is 17.9 Å². The molecule has 1 atom stereocenters. The summed E-state index contributed by atoms with van der Waals surface area (Å²) in [6, 6.07) is 6.99. The molecule has 0 spiro atoms. The van der Waals surface area contributed by atoms with Gasteiger partial charge in [-0.1, -0.05) is 19.1 Å². The van der Waals surface area contributed by atoms with Crippen LogP contribution in [-0.2, 0) is 9.59 Å². The van der Waals surface area contributed by atoms with E-state index >= 15 is 0 Å². The maximum atomic E-state index is 11.6. The Bertz CT molecular complexity index is 461. The molecule has 1 unspecified atom stereocenters. The van der Waals surface area contributed by atoms with Crippen LogP contribution >= 0.6 is 0 Å². The van der Waals surface area contributed by atoms with E-state index in [2.05, 4.69) is 5.32 Å². The predicted molar refractivity (Wildman–Crippen MR) is 72.9 cm³/mol. The normalized spacial score (nSPS) is 11.5. The molecule has 1 amide bonds. The zero-order valence-electron chi connectivity index (χ0n) is 11.6. The minimum absolute atomic E-state index is 0.0972. The Morgan fingerprint density at radius 1 is 1.30 bits per heavy atom. The second-order valence-corrected chi connectivity index (χ2v) is 4.19. The number of carbonyl (C=O) groups is 2. The lowest BCUT2D eigenvalue weighted by molar-refractivity contribution is -0.141. The van der Waals surface area contributed by atoms with Crippen molar-refractivity contribution in [1.82, 2.24) is 5.32 Å². The number of carbonyl (C=O) groups excluding carboxylic acids is 1. The molecule has 20 heavy (non-hydrogen) atoms. The molecule has 1 rings (SSSR count). The Kier molecular flexibility index (Phi) is 6.36. The van der Waals surface area contributed by atoms with Gasteiger partial charge in [0.15, 0.2) is 18.1 Å². The van der Waals surface area contributed by atoms with Crippen molar-refractivity contribution in [1.29, 1.82) is 0 Å². The van der Waals surface area contributed by atoms with Crippen LogP contribution < -0.4 is 14.8 Å². The molecular formula is C14H19NO5. The fraction of sp³-hybridized carbons (Fsp3) is 0.429. The minimum Gasteiger partial charge on any atom is -0.493 e. The highest BCUT2D eigenvalue weighted by Gasteiger charge is 2.16. The van der Waals surface area contributed by atoms with Crippen molar-refractivity contribution in [2.45, 2.75) is 13.3 Å². The highest BCUT2D eigenvalue weighted by Crippen LogP contribution is 2.25. The van der Waals surface area contributed by atoms with Gasteiger partial charge in [-0.2, -0.15) is 0 Å². The Morgan fingerprint density at radius 3 is 2.50 bits per heavy atom. The molecule has 0 aliphatic carbocycles. The fourth-order valence-corrected chi connectivity index (χ4v) is 1.58. The second-order valence-electron chi connectivity index (χ2n) is 4.19. The predicted octanol–water partition coefficient (Wildman–Crippen LogP) is 1.30. The van der Waals surface area contributed by atoms with Crippen LogP contribution in [-0.4, -0.2) is 37.2 Å². The van der Waals surface area contributed by atoms with Crippen molar-refractivity contribution < 1.29 is 24.2 Å². The smallest absolute Gasteiger partial charge is 0.308 e. The molecule has 0 heterocycles. The first-order valence-corrected chi connectivity index (χ1v) is 6.33. The first kappa shape index (κ1) is 15.8. The van der Waals surface area contributed by atoms with Crippen LogP contribution in [0.1, 0.15) is 13.3 Å². The molecule has 6 nitrogen and oxygen atoms in total. The molecule has 2 N–H and O–H groups in total. The van der Waals surface area contributed by atoms with Gasteiger partial charge in [0.2, 0.25) is 0 Å². The third-order valence-electron chi connectivity index (χ3n) is 2.82. The van der Waals surface area contributed by atoms with Crippen molar-refractivity contribution in [3.05, 3.63) is 24.3 Å². The average molecular weight is 281 g/mol. The molecule has 0 aliphatic heterocycles. The number of rotatable bonds is 8. The van der Waals surface area contributed by atoms with Crippen LogP contribution in [0, 0.1) is 5.92 Å². The number of methoxy groups -OCH3 is 1. The third kappa shape index (κ3) is 4.79. The molecule has 0 radical (unpaired) electrons. The van der Waals surface area contributed by atoms with E-state index < -0.39 is 11.9 Å². The molecule has 0 saturated heterocycles. The lowest BCUT2D eigenvalue weighted by Crippen LogP contribution is -2.35. The van der Waals surface area contributed by atoms with Crippen molar-refractivity contribution in [3.8, 4) is 11.5 Å². The molecule has 6 heteroatoms. The van der Waals surface area contributed by atoms with Crippen LogP contribution in [0.2, 0.25) is 0 Å². The molecule has 1 aromatic rings. The zero-order valence-corrected chi connectivity index (χ0v) is 11.6. The highest BCUT2D eigenvalue weighted by atomic mass is 16.5. The number of carboxylic acids is 1. The standard InChI is InChI=1S/C14H19NO5/c1-3-10(14(17)18)8-15-13(16)9-20-12-7-5-4-6-11(12)19-2/h4-7,10H,3,8-9H2,1-2H3,(H,15,16)(H,17,18). The van der Waals surface area contributed by atoms with Crippen LogP contribution in [0.3, 0.4) is 0 Å². The van der Waals surface area contributed by atoms with Crippen LogP contribution in [0.15, 0.2) is 24.3 Å². The summed E-state index contributed by atoms with van der Waals surface area (Å²) in [5.74, 6) is -0.855. The monoisotopic (exact) mass is 281 g/mol. The summed E-state index contributed by atoms with van der Waals surface area (Å²) in [5, 5.41) is 11.4. The number of amides is 1. The van der Waals surface area contributed by atoms with Crippen molar-refractivity contribution in [2.75, 3.05) is 20.3 Å². The van der Waals surface area contributed by atoms with Crippen molar-refractivity contribution in [2.24, 2.45) is 5.92 Å². The quantitative estimate of drug-likeness (QED) is 0.750. The molecule has 110 valence electrons. The van der Waals surface area contributed by atoms with Gasteiger partial charge in [-0.15, -0.1) is 0 Å². The number of nitrogens with one attached hydrogen (secondary N) is 1. The Morgan fingerprint density at radius 2 is 1.95 bits per heavy atom. The number of hydrogen-bond acceptors (Lipinski definition) is 4. The minimum atomic E-state index is -0.918. The summed E-state index contributed by atoms with van der Waals surface area (Å²) in [6.07, 6.45) is 0.461.